The number of nitrogens with zero attached hydrogens (tertiary/aromatic N) is 2. The van der Waals surface area contributed by atoms with Gasteiger partial charge in [-0.25, -0.2) is 4.79 Å². The number of benzene rings is 8. The Hall–Kier alpha value is -5.93. The Morgan fingerprint density at radius 3 is 1.64 bits per heavy atom. The van der Waals surface area contributed by atoms with Crippen molar-refractivity contribution in [3.05, 3.63) is 162 Å². The summed E-state index contributed by atoms with van der Waals surface area (Å²) in [6, 6.07) is 53.6. The van der Waals surface area contributed by atoms with E-state index >= 15 is 0 Å². The van der Waals surface area contributed by atoms with Crippen LogP contribution in [0.1, 0.15) is 0 Å². The van der Waals surface area contributed by atoms with E-state index in [0.29, 0.717) is 0 Å². The molecule has 1 aromatic heterocycles. The predicted octanol–water partition coefficient (Wildman–Crippen LogP) is 10.3. The van der Waals surface area contributed by atoms with Gasteiger partial charge >= 0.3 is 5.69 Å². The first-order chi connectivity index (χ1) is 22.2. The van der Waals surface area contributed by atoms with Crippen LogP contribution in [0.3, 0.4) is 0 Å². The highest BCUT2D eigenvalue weighted by Gasteiger charge is 2.20. The van der Waals surface area contributed by atoms with Crippen LogP contribution in [0.2, 0.25) is 0 Å². The second-order valence-corrected chi connectivity index (χ2v) is 11.7. The van der Waals surface area contributed by atoms with E-state index in [2.05, 4.69) is 121 Å². The molecule has 0 atom stereocenters. The Morgan fingerprint density at radius 1 is 0.444 bits per heavy atom. The zero-order valence-corrected chi connectivity index (χ0v) is 24.7. The van der Waals surface area contributed by atoms with Crippen molar-refractivity contribution in [1.29, 1.82) is 0 Å². The summed E-state index contributed by atoms with van der Waals surface area (Å²) in [5.74, 6) is 0. The summed E-state index contributed by atoms with van der Waals surface area (Å²) in [5, 5.41) is 9.80. The van der Waals surface area contributed by atoms with Crippen molar-refractivity contribution < 1.29 is 0 Å². The monoisotopic (exact) mass is 576 g/mol. The molecule has 1 heterocycles. The molecule has 0 spiro atoms. The third-order valence-electron chi connectivity index (χ3n) is 9.33. The van der Waals surface area contributed by atoms with Crippen molar-refractivity contribution in [1.82, 2.24) is 9.13 Å². The summed E-state index contributed by atoms with van der Waals surface area (Å²) in [7, 11) is 1.84. The Kier molecular flexibility index (Phi) is 5.56. The van der Waals surface area contributed by atoms with E-state index in [0.717, 1.165) is 22.3 Å². The standard InChI is InChI=1S/C42H28N2O/c1-43-38-24-23-28(26-39(38)44(42(43)45)29-14-3-2-4-15-29)40-33-19-9-11-21-35(33)41(36-22-12-10-20-34(36)40)37-25-27-13-5-6-16-30(27)31-17-7-8-18-32(31)37/h2-26H,1H3. The second-order valence-electron chi connectivity index (χ2n) is 11.7. The number of imidazole rings is 1. The van der Waals surface area contributed by atoms with E-state index < -0.39 is 0 Å². The molecule has 9 aromatic rings. The fraction of sp³-hybridized carbons (Fsp3) is 0.0238. The normalized spacial score (nSPS) is 11.8. The van der Waals surface area contributed by atoms with Crippen LogP contribution in [0.5, 0.6) is 0 Å². The van der Waals surface area contributed by atoms with Gasteiger partial charge in [-0.2, -0.15) is 0 Å². The molecule has 0 aliphatic carbocycles. The maximum absolute atomic E-state index is 13.5. The summed E-state index contributed by atoms with van der Waals surface area (Å²) < 4.78 is 3.55. The van der Waals surface area contributed by atoms with E-state index in [4.69, 9.17) is 0 Å². The molecule has 8 aromatic carbocycles. The van der Waals surface area contributed by atoms with Crippen LogP contribution in [0.4, 0.5) is 0 Å². The summed E-state index contributed by atoms with van der Waals surface area (Å²) >= 11 is 0. The van der Waals surface area contributed by atoms with E-state index in [-0.39, 0.29) is 5.69 Å². The first-order valence-electron chi connectivity index (χ1n) is 15.3. The molecule has 45 heavy (non-hydrogen) atoms. The molecule has 0 aliphatic rings. The second kappa shape index (κ2) is 9.80. The van der Waals surface area contributed by atoms with Crippen molar-refractivity contribution in [3.63, 3.8) is 0 Å². The van der Waals surface area contributed by atoms with Crippen LogP contribution in [0, 0.1) is 0 Å². The number of rotatable bonds is 3. The quantitative estimate of drug-likeness (QED) is 0.152. The Morgan fingerprint density at radius 2 is 0.978 bits per heavy atom. The lowest BCUT2D eigenvalue weighted by Gasteiger charge is -2.19. The highest BCUT2D eigenvalue weighted by Crippen LogP contribution is 2.46. The fourth-order valence-electron chi connectivity index (χ4n) is 7.32. The average Bonchev–Trinajstić information content (AvgIpc) is 3.35. The van der Waals surface area contributed by atoms with E-state index in [1.165, 1.54) is 59.8 Å². The molecule has 0 bridgehead atoms. The van der Waals surface area contributed by atoms with Crippen LogP contribution < -0.4 is 5.69 Å². The van der Waals surface area contributed by atoms with Crippen LogP contribution in [-0.4, -0.2) is 9.13 Å². The molecule has 0 fully saturated rings. The third kappa shape index (κ3) is 3.74. The van der Waals surface area contributed by atoms with Gasteiger partial charge in [-0.05, 0) is 95.7 Å². The minimum atomic E-state index is -0.0541. The molecule has 0 unspecified atom stereocenters. The van der Waals surface area contributed by atoms with Crippen LogP contribution >= 0.6 is 0 Å². The number of aromatic nitrogens is 2. The summed E-state index contributed by atoms with van der Waals surface area (Å²) in [4.78, 5) is 13.5. The molecule has 0 N–H and O–H groups in total. The van der Waals surface area contributed by atoms with Crippen LogP contribution in [0.25, 0.3) is 82.1 Å². The van der Waals surface area contributed by atoms with Gasteiger partial charge in [0.25, 0.3) is 0 Å². The van der Waals surface area contributed by atoms with Crippen molar-refractivity contribution in [2.24, 2.45) is 7.05 Å². The molecule has 3 heteroatoms. The van der Waals surface area contributed by atoms with Gasteiger partial charge in [-0.3, -0.25) is 9.13 Å². The van der Waals surface area contributed by atoms with Gasteiger partial charge < -0.3 is 0 Å². The molecule has 0 radical (unpaired) electrons. The largest absolute Gasteiger partial charge is 0.333 e. The van der Waals surface area contributed by atoms with E-state index in [1.54, 1.807) is 4.57 Å². The lowest BCUT2D eigenvalue weighted by atomic mass is 9.84. The molecular formula is C42H28N2O. The smallest absolute Gasteiger partial charge is 0.295 e. The first-order valence-corrected chi connectivity index (χ1v) is 15.3. The Balaban J connectivity index is 1.41. The molecule has 212 valence electrons. The highest BCUT2D eigenvalue weighted by atomic mass is 16.1. The zero-order chi connectivity index (χ0) is 30.1. The minimum Gasteiger partial charge on any atom is -0.295 e. The van der Waals surface area contributed by atoms with E-state index in [9.17, 15) is 4.79 Å². The number of para-hydroxylation sites is 1. The van der Waals surface area contributed by atoms with Crippen LogP contribution in [-0.2, 0) is 7.05 Å². The highest BCUT2D eigenvalue weighted by molar-refractivity contribution is 6.25. The van der Waals surface area contributed by atoms with Crippen molar-refractivity contribution in [3.8, 4) is 27.9 Å². The van der Waals surface area contributed by atoms with Gasteiger partial charge in [-0.15, -0.1) is 0 Å². The first kappa shape index (κ1) is 25.6. The number of hydrogen-bond donors (Lipinski definition) is 0. The van der Waals surface area contributed by atoms with Gasteiger partial charge in [0, 0.05) is 7.05 Å². The fourth-order valence-corrected chi connectivity index (χ4v) is 7.32. The minimum absolute atomic E-state index is 0.0541. The van der Waals surface area contributed by atoms with Gasteiger partial charge in [0.15, 0.2) is 0 Å². The zero-order valence-electron chi connectivity index (χ0n) is 24.7. The molecule has 0 amide bonds. The molecular weight excluding hydrogens is 548 g/mol. The average molecular weight is 577 g/mol. The van der Waals surface area contributed by atoms with Crippen molar-refractivity contribution in [2.75, 3.05) is 0 Å². The van der Waals surface area contributed by atoms with E-state index in [1.807, 2.05) is 41.9 Å². The Labute approximate surface area is 259 Å². The molecule has 9 rings (SSSR count). The van der Waals surface area contributed by atoms with Crippen molar-refractivity contribution >= 4 is 54.1 Å². The summed E-state index contributed by atoms with van der Waals surface area (Å²) in [5.41, 5.74) is 7.34. The van der Waals surface area contributed by atoms with Crippen molar-refractivity contribution in [2.45, 2.75) is 0 Å². The summed E-state index contributed by atoms with van der Waals surface area (Å²) in [6.07, 6.45) is 0. The maximum atomic E-state index is 13.5. The molecule has 3 nitrogen and oxygen atoms in total. The molecule has 0 saturated carbocycles. The Bertz CT molecular complexity index is 2620. The SMILES string of the molecule is Cn1c(=O)n(-c2ccccc2)c2cc(-c3c4ccccc4c(-c4cc5ccccc5c5ccccc45)c4ccccc34)ccc21. The molecule has 0 saturated heterocycles. The lowest BCUT2D eigenvalue weighted by molar-refractivity contribution is 0.846. The van der Waals surface area contributed by atoms with Gasteiger partial charge in [0.1, 0.15) is 0 Å². The van der Waals surface area contributed by atoms with Crippen LogP contribution in [0.15, 0.2) is 156 Å². The maximum Gasteiger partial charge on any atom is 0.333 e. The number of hydrogen-bond acceptors (Lipinski definition) is 1. The number of fused-ring (bicyclic) bond motifs is 6. The molecule has 0 aliphatic heterocycles. The topological polar surface area (TPSA) is 26.9 Å². The van der Waals surface area contributed by atoms with Gasteiger partial charge in [0.05, 0.1) is 16.7 Å². The predicted molar refractivity (Wildman–Crippen MR) is 189 cm³/mol. The third-order valence-corrected chi connectivity index (χ3v) is 9.33. The number of aryl methyl sites for hydroxylation is 1. The van der Waals surface area contributed by atoms with Gasteiger partial charge in [0.2, 0.25) is 0 Å². The lowest BCUT2D eigenvalue weighted by Crippen LogP contribution is -2.20. The summed E-state index contributed by atoms with van der Waals surface area (Å²) in [6.45, 7) is 0. The van der Waals surface area contributed by atoms with Gasteiger partial charge in [-0.1, -0.05) is 121 Å².